The lowest BCUT2D eigenvalue weighted by atomic mass is 10.1. The molecule has 0 bridgehead atoms. The molecule has 1 fully saturated rings. The zero-order valence-corrected chi connectivity index (χ0v) is 10.5. The third kappa shape index (κ3) is 1.80. The second-order valence-corrected chi connectivity index (χ2v) is 5.20. The van der Waals surface area contributed by atoms with Crippen molar-refractivity contribution in [3.63, 3.8) is 0 Å². The number of hydrogen-bond acceptors (Lipinski definition) is 5. The highest BCUT2D eigenvalue weighted by Crippen LogP contribution is 2.31. The van der Waals surface area contributed by atoms with Crippen LogP contribution in [0.1, 0.15) is 18.4 Å². The zero-order valence-electron chi connectivity index (χ0n) is 9.64. The molecule has 2 aromatic rings. The van der Waals surface area contributed by atoms with Crippen LogP contribution in [0.15, 0.2) is 11.7 Å². The number of fused-ring (bicyclic) bond motifs is 1. The summed E-state index contributed by atoms with van der Waals surface area (Å²) < 4.78 is 1.14. The molecule has 0 aliphatic carbocycles. The van der Waals surface area contributed by atoms with E-state index in [-0.39, 0.29) is 0 Å². The van der Waals surface area contributed by atoms with E-state index in [9.17, 15) is 4.79 Å². The van der Waals surface area contributed by atoms with Crippen LogP contribution in [-0.2, 0) is 4.79 Å². The summed E-state index contributed by atoms with van der Waals surface area (Å²) in [7, 11) is 0. The Bertz CT molecular complexity index is 568. The summed E-state index contributed by atoms with van der Waals surface area (Å²) in [4.78, 5) is 22.1. The number of carbonyl (C=O) groups excluding carboxylic acids is 1. The van der Waals surface area contributed by atoms with Crippen molar-refractivity contribution in [1.82, 2.24) is 9.97 Å². The SMILES string of the molecule is Cc1csc2c(N3CCC(=O)CC3)ncnc12. The standard InChI is InChI=1S/C12H13N3OS/c1-8-6-17-11-10(8)13-7-14-12(11)15-4-2-9(16)3-5-15/h6-7H,2-5H2,1H3. The van der Waals surface area contributed by atoms with Crippen LogP contribution in [0.5, 0.6) is 0 Å². The quantitative estimate of drug-likeness (QED) is 0.774. The number of Topliss-reactive ketones (excluding diaryl/α,β-unsaturated/α-hetero) is 1. The van der Waals surface area contributed by atoms with Gasteiger partial charge in [0, 0.05) is 25.9 Å². The number of aryl methyl sites for hydroxylation is 1. The van der Waals surface area contributed by atoms with Gasteiger partial charge in [0.15, 0.2) is 0 Å². The van der Waals surface area contributed by atoms with Crippen LogP contribution in [0.2, 0.25) is 0 Å². The van der Waals surface area contributed by atoms with Crippen LogP contribution in [0.25, 0.3) is 10.2 Å². The summed E-state index contributed by atoms with van der Waals surface area (Å²) in [5.74, 6) is 1.34. The van der Waals surface area contributed by atoms with Crippen LogP contribution < -0.4 is 4.90 Å². The van der Waals surface area contributed by atoms with E-state index in [0.717, 1.165) is 29.1 Å². The summed E-state index contributed by atoms with van der Waals surface area (Å²) in [6.07, 6.45) is 2.89. The molecule has 0 aromatic carbocycles. The number of hydrogen-bond donors (Lipinski definition) is 0. The molecule has 1 aliphatic rings. The number of ketones is 1. The summed E-state index contributed by atoms with van der Waals surface area (Å²) in [5, 5.41) is 2.11. The Morgan fingerprint density at radius 3 is 2.82 bits per heavy atom. The molecular formula is C12H13N3OS. The highest BCUT2D eigenvalue weighted by Gasteiger charge is 2.20. The van der Waals surface area contributed by atoms with Crippen LogP contribution in [0.3, 0.4) is 0 Å². The van der Waals surface area contributed by atoms with Crippen molar-refractivity contribution in [2.75, 3.05) is 18.0 Å². The molecule has 0 atom stereocenters. The molecule has 0 spiro atoms. The maximum absolute atomic E-state index is 11.3. The Balaban J connectivity index is 2.02. The van der Waals surface area contributed by atoms with Gasteiger partial charge in [0.25, 0.3) is 0 Å². The number of aromatic nitrogens is 2. The lowest BCUT2D eigenvalue weighted by Crippen LogP contribution is -2.34. The van der Waals surface area contributed by atoms with Crippen LogP contribution in [0, 0.1) is 6.92 Å². The normalized spacial score (nSPS) is 16.8. The molecular weight excluding hydrogens is 234 g/mol. The highest BCUT2D eigenvalue weighted by molar-refractivity contribution is 7.18. The van der Waals surface area contributed by atoms with Gasteiger partial charge in [0.2, 0.25) is 0 Å². The first kappa shape index (κ1) is 10.7. The number of anilines is 1. The fourth-order valence-electron chi connectivity index (χ4n) is 2.15. The van der Waals surface area contributed by atoms with Gasteiger partial charge in [-0.3, -0.25) is 4.79 Å². The van der Waals surface area contributed by atoms with Gasteiger partial charge in [0.05, 0.1) is 10.2 Å². The number of rotatable bonds is 1. The molecule has 3 heterocycles. The van der Waals surface area contributed by atoms with E-state index in [1.165, 1.54) is 5.56 Å². The Labute approximate surface area is 103 Å². The van der Waals surface area contributed by atoms with Crippen molar-refractivity contribution in [3.8, 4) is 0 Å². The molecule has 0 saturated carbocycles. The molecule has 2 aromatic heterocycles. The van der Waals surface area contributed by atoms with Gasteiger partial charge in [-0.05, 0) is 17.9 Å². The van der Waals surface area contributed by atoms with Crippen molar-refractivity contribution >= 4 is 33.2 Å². The van der Waals surface area contributed by atoms with E-state index in [2.05, 4.69) is 27.2 Å². The minimum absolute atomic E-state index is 0.355. The summed E-state index contributed by atoms with van der Waals surface area (Å²) >= 11 is 1.68. The Hall–Kier alpha value is -1.49. The summed E-state index contributed by atoms with van der Waals surface area (Å²) in [6, 6.07) is 0. The fourth-order valence-corrected chi connectivity index (χ4v) is 3.17. The molecule has 4 nitrogen and oxygen atoms in total. The summed E-state index contributed by atoms with van der Waals surface area (Å²) in [5.41, 5.74) is 2.23. The first-order valence-electron chi connectivity index (χ1n) is 5.71. The minimum atomic E-state index is 0.355. The van der Waals surface area contributed by atoms with Crippen molar-refractivity contribution in [1.29, 1.82) is 0 Å². The maximum Gasteiger partial charge on any atom is 0.150 e. The average molecular weight is 247 g/mol. The van der Waals surface area contributed by atoms with Crippen molar-refractivity contribution in [2.45, 2.75) is 19.8 Å². The lowest BCUT2D eigenvalue weighted by molar-refractivity contribution is -0.119. The van der Waals surface area contributed by atoms with E-state index in [4.69, 9.17) is 0 Å². The largest absolute Gasteiger partial charge is 0.354 e. The first-order valence-corrected chi connectivity index (χ1v) is 6.59. The molecule has 0 radical (unpaired) electrons. The molecule has 1 saturated heterocycles. The number of thiophene rings is 1. The number of carbonyl (C=O) groups is 1. The topological polar surface area (TPSA) is 46.1 Å². The van der Waals surface area contributed by atoms with Crippen molar-refractivity contribution in [2.24, 2.45) is 0 Å². The maximum atomic E-state index is 11.3. The van der Waals surface area contributed by atoms with Gasteiger partial charge in [-0.15, -0.1) is 11.3 Å². The van der Waals surface area contributed by atoms with Crippen molar-refractivity contribution in [3.05, 3.63) is 17.3 Å². The van der Waals surface area contributed by atoms with Crippen LogP contribution in [0.4, 0.5) is 5.82 Å². The smallest absolute Gasteiger partial charge is 0.150 e. The van der Waals surface area contributed by atoms with E-state index in [1.54, 1.807) is 17.7 Å². The Morgan fingerprint density at radius 1 is 1.29 bits per heavy atom. The highest BCUT2D eigenvalue weighted by atomic mass is 32.1. The Kier molecular flexibility index (Phi) is 2.55. The average Bonchev–Trinajstić information content (AvgIpc) is 2.73. The van der Waals surface area contributed by atoms with Gasteiger partial charge in [0.1, 0.15) is 17.9 Å². The van der Waals surface area contributed by atoms with Gasteiger partial charge in [-0.1, -0.05) is 0 Å². The molecule has 0 amide bonds. The molecule has 1 aliphatic heterocycles. The minimum Gasteiger partial charge on any atom is -0.354 e. The second kappa shape index (κ2) is 4.07. The van der Waals surface area contributed by atoms with Crippen molar-refractivity contribution < 1.29 is 4.79 Å². The van der Waals surface area contributed by atoms with E-state index >= 15 is 0 Å². The lowest BCUT2D eigenvalue weighted by Gasteiger charge is -2.27. The van der Waals surface area contributed by atoms with Crippen LogP contribution >= 0.6 is 11.3 Å². The third-order valence-corrected chi connectivity index (χ3v) is 4.22. The predicted octanol–water partition coefficient (Wildman–Crippen LogP) is 2.17. The molecule has 0 N–H and O–H groups in total. The third-order valence-electron chi connectivity index (χ3n) is 3.13. The molecule has 3 rings (SSSR count). The molecule has 88 valence electrons. The van der Waals surface area contributed by atoms with Gasteiger partial charge < -0.3 is 4.90 Å². The molecule has 17 heavy (non-hydrogen) atoms. The van der Waals surface area contributed by atoms with Crippen LogP contribution in [-0.4, -0.2) is 28.8 Å². The monoisotopic (exact) mass is 247 g/mol. The fraction of sp³-hybridized carbons (Fsp3) is 0.417. The van der Waals surface area contributed by atoms with Gasteiger partial charge in [-0.25, -0.2) is 9.97 Å². The molecule has 0 unspecified atom stereocenters. The van der Waals surface area contributed by atoms with E-state index in [1.807, 2.05) is 0 Å². The number of piperidine rings is 1. The summed E-state index contributed by atoms with van der Waals surface area (Å²) in [6.45, 7) is 3.62. The van der Waals surface area contributed by atoms with Gasteiger partial charge in [-0.2, -0.15) is 0 Å². The van der Waals surface area contributed by atoms with Gasteiger partial charge >= 0.3 is 0 Å². The second-order valence-electron chi connectivity index (χ2n) is 4.32. The van der Waals surface area contributed by atoms with E-state index in [0.29, 0.717) is 18.6 Å². The first-order chi connectivity index (χ1) is 8.25. The van der Waals surface area contributed by atoms with E-state index < -0.39 is 0 Å². The number of nitrogens with zero attached hydrogens (tertiary/aromatic N) is 3. The Morgan fingerprint density at radius 2 is 2.06 bits per heavy atom. The molecule has 5 heteroatoms. The predicted molar refractivity (Wildman–Crippen MR) is 68.6 cm³/mol. The zero-order chi connectivity index (χ0) is 11.8.